The Balaban J connectivity index is 0.00000676. The first-order valence-corrected chi connectivity index (χ1v) is 15.0. The van der Waals surface area contributed by atoms with Crippen LogP contribution in [0, 0.1) is 10.1 Å². The van der Waals surface area contributed by atoms with Gasteiger partial charge in [-0.3, -0.25) is 10.1 Å². The van der Waals surface area contributed by atoms with Crippen LogP contribution in [-0.2, 0) is 19.1 Å². The number of halogens is 4. The lowest BCUT2D eigenvalue weighted by Crippen LogP contribution is -2.38. The molecule has 4 rings (SSSR count). The zero-order valence-corrected chi connectivity index (χ0v) is 27.7. The fourth-order valence-corrected chi connectivity index (χ4v) is 5.12. The summed E-state index contributed by atoms with van der Waals surface area (Å²) >= 11 is 0. The van der Waals surface area contributed by atoms with Gasteiger partial charge >= 0.3 is 18.1 Å². The van der Waals surface area contributed by atoms with Gasteiger partial charge < -0.3 is 34.7 Å². The number of alkyl halides is 3. The van der Waals surface area contributed by atoms with Crippen molar-refractivity contribution in [1.29, 1.82) is 0 Å². The molecule has 2 unspecified atom stereocenters. The van der Waals surface area contributed by atoms with E-state index in [1.54, 1.807) is 24.3 Å². The second-order valence-electron chi connectivity index (χ2n) is 10.6. The predicted molar refractivity (Wildman–Crippen MR) is 177 cm³/mol. The highest BCUT2D eigenvalue weighted by atomic mass is 35.5. The molecule has 0 spiro atoms. The number of esters is 2. The molecule has 3 N–H and O–H groups in total. The van der Waals surface area contributed by atoms with Gasteiger partial charge in [0.05, 0.1) is 35.2 Å². The molecule has 3 aromatic carbocycles. The van der Waals surface area contributed by atoms with Crippen molar-refractivity contribution in [2.75, 3.05) is 40.0 Å². The summed E-state index contributed by atoms with van der Waals surface area (Å²) in [6, 6.07) is 20.5. The van der Waals surface area contributed by atoms with E-state index >= 15 is 0 Å². The van der Waals surface area contributed by atoms with Crippen LogP contribution in [0.2, 0.25) is 0 Å². The van der Waals surface area contributed by atoms with Crippen molar-refractivity contribution in [3.63, 3.8) is 0 Å². The molecule has 0 aliphatic carbocycles. The van der Waals surface area contributed by atoms with E-state index in [2.05, 4.69) is 15.4 Å². The lowest BCUT2D eigenvalue weighted by molar-refractivity contribution is -0.384. The Morgan fingerprint density at radius 3 is 2.20 bits per heavy atom. The SMILES string of the molecule is COC(=O)C1=C(C(F)(F)F)NC(C)=C(C(=O)OCCOc2ccccc2OCCNCC(O)c2ccccc2)C1c1cccc([N+](=O)[O-])c1.Cl. The van der Waals surface area contributed by atoms with Gasteiger partial charge in [0.25, 0.3) is 5.69 Å². The summed E-state index contributed by atoms with van der Waals surface area (Å²) < 4.78 is 63.9. The number of ether oxygens (including phenoxy) is 4. The van der Waals surface area contributed by atoms with Crippen molar-refractivity contribution in [1.82, 2.24) is 10.6 Å². The van der Waals surface area contributed by atoms with E-state index in [0.29, 0.717) is 24.6 Å². The maximum atomic E-state index is 14.1. The lowest BCUT2D eigenvalue weighted by Gasteiger charge is -2.31. The third-order valence-corrected chi connectivity index (χ3v) is 7.37. The highest BCUT2D eigenvalue weighted by Crippen LogP contribution is 2.44. The highest BCUT2D eigenvalue weighted by Gasteiger charge is 2.47. The Kier molecular flexibility index (Phi) is 14.2. The highest BCUT2D eigenvalue weighted by molar-refractivity contribution is 6.00. The monoisotopic (exact) mass is 721 g/mol. The van der Waals surface area contributed by atoms with Crippen LogP contribution < -0.4 is 20.1 Å². The number of para-hydroxylation sites is 2. The number of dihydropyridines is 1. The molecule has 16 heteroatoms. The quantitative estimate of drug-likeness (QED) is 0.0811. The molecular weight excluding hydrogens is 687 g/mol. The van der Waals surface area contributed by atoms with Gasteiger partial charge in [-0.05, 0) is 30.2 Å². The Morgan fingerprint density at radius 1 is 0.940 bits per heavy atom. The Hall–Kier alpha value is -5.12. The summed E-state index contributed by atoms with van der Waals surface area (Å²) in [7, 11) is 0.878. The van der Waals surface area contributed by atoms with Crippen molar-refractivity contribution in [3.8, 4) is 11.5 Å². The van der Waals surface area contributed by atoms with Gasteiger partial charge in [-0.2, -0.15) is 13.2 Å². The average Bonchev–Trinajstić information content (AvgIpc) is 3.09. The van der Waals surface area contributed by atoms with Gasteiger partial charge in [0.15, 0.2) is 11.5 Å². The molecule has 0 aromatic heterocycles. The van der Waals surface area contributed by atoms with Gasteiger partial charge in [0.1, 0.15) is 25.5 Å². The van der Waals surface area contributed by atoms with E-state index in [1.165, 1.54) is 19.1 Å². The van der Waals surface area contributed by atoms with E-state index in [9.17, 15) is 38.0 Å². The molecule has 0 saturated carbocycles. The molecule has 3 aromatic rings. The van der Waals surface area contributed by atoms with Crippen molar-refractivity contribution in [2.24, 2.45) is 0 Å². The molecule has 268 valence electrons. The summed E-state index contributed by atoms with van der Waals surface area (Å²) in [6.45, 7) is 1.64. The van der Waals surface area contributed by atoms with E-state index in [0.717, 1.165) is 24.8 Å². The van der Waals surface area contributed by atoms with Crippen molar-refractivity contribution < 1.29 is 51.7 Å². The summed E-state index contributed by atoms with van der Waals surface area (Å²) in [5.41, 5.74) is -2.88. The van der Waals surface area contributed by atoms with Crippen LogP contribution in [0.25, 0.3) is 0 Å². The topological polar surface area (TPSA) is 158 Å². The maximum Gasteiger partial charge on any atom is 0.431 e. The van der Waals surface area contributed by atoms with Crippen molar-refractivity contribution in [3.05, 3.63) is 123 Å². The van der Waals surface area contributed by atoms with Crippen LogP contribution in [0.4, 0.5) is 18.9 Å². The first-order valence-electron chi connectivity index (χ1n) is 15.0. The Morgan fingerprint density at radius 2 is 1.58 bits per heavy atom. The number of nitrogens with zero attached hydrogens (tertiary/aromatic N) is 1. The number of benzene rings is 3. The minimum absolute atomic E-state index is 0. The smallest absolute Gasteiger partial charge is 0.431 e. The molecule has 50 heavy (non-hydrogen) atoms. The first kappa shape index (κ1) is 39.3. The molecule has 0 fully saturated rings. The van der Waals surface area contributed by atoms with E-state index in [1.807, 2.05) is 30.3 Å². The van der Waals surface area contributed by atoms with Gasteiger partial charge in [-0.1, -0.05) is 54.6 Å². The normalized spacial score (nSPS) is 15.0. The standard InChI is InChI=1S/C34H34F3N3O9.ClH/c1-21-28(29(23-11-8-12-24(19-23)40(44)45)30(32(42)46-2)31(39-21)34(35,36)37)33(43)49-18-17-48-27-14-7-6-13-26(27)47-16-15-38-20-25(41)22-9-4-3-5-10-22;/h3-14,19,25,29,38-39,41H,15-18,20H2,1-2H3;1H. The van der Waals surface area contributed by atoms with E-state index < -0.39 is 52.0 Å². The number of aliphatic hydroxyl groups excluding tert-OH is 1. The molecular formula is C34H35ClF3N3O9. The molecule has 1 heterocycles. The number of nitro groups is 1. The van der Waals surface area contributed by atoms with E-state index in [-0.39, 0.29) is 49.1 Å². The minimum Gasteiger partial charge on any atom is -0.488 e. The van der Waals surface area contributed by atoms with Crippen LogP contribution in [-0.4, -0.2) is 68.2 Å². The summed E-state index contributed by atoms with van der Waals surface area (Å²) in [5.74, 6) is -3.46. The molecule has 1 aliphatic heterocycles. The van der Waals surface area contributed by atoms with Crippen LogP contribution in [0.1, 0.15) is 30.1 Å². The molecule has 2 atom stereocenters. The number of allylic oxidation sites excluding steroid dienone is 2. The van der Waals surface area contributed by atoms with Crippen molar-refractivity contribution in [2.45, 2.75) is 25.1 Å². The molecule has 0 saturated heterocycles. The predicted octanol–water partition coefficient (Wildman–Crippen LogP) is 5.29. The number of non-ortho nitro benzene ring substituents is 1. The number of nitrogens with one attached hydrogen (secondary N) is 2. The summed E-state index contributed by atoms with van der Waals surface area (Å²) in [5, 5.41) is 26.9. The minimum atomic E-state index is -5.07. The van der Waals surface area contributed by atoms with Gasteiger partial charge in [0, 0.05) is 30.9 Å². The second-order valence-corrected chi connectivity index (χ2v) is 10.6. The summed E-state index contributed by atoms with van der Waals surface area (Å²) in [6.07, 6.45) is -5.75. The Bertz CT molecular complexity index is 1720. The number of methoxy groups -OCH3 is 1. The lowest BCUT2D eigenvalue weighted by atomic mass is 9.80. The Labute approximate surface area is 291 Å². The zero-order chi connectivity index (χ0) is 35.6. The largest absolute Gasteiger partial charge is 0.488 e. The van der Waals surface area contributed by atoms with E-state index in [4.69, 9.17) is 14.2 Å². The zero-order valence-electron chi connectivity index (χ0n) is 26.9. The van der Waals surface area contributed by atoms with Crippen LogP contribution in [0.5, 0.6) is 11.5 Å². The number of carbonyl (C=O) groups is 2. The number of hydrogen-bond donors (Lipinski definition) is 3. The average molecular weight is 722 g/mol. The fourth-order valence-electron chi connectivity index (χ4n) is 5.12. The van der Waals surface area contributed by atoms with Crippen LogP contribution in [0.3, 0.4) is 0 Å². The number of hydrogen-bond acceptors (Lipinski definition) is 11. The van der Waals surface area contributed by atoms with Gasteiger partial charge in [-0.15, -0.1) is 12.4 Å². The third kappa shape index (κ3) is 9.96. The fraction of sp³-hybridized carbons (Fsp3) is 0.294. The van der Waals surface area contributed by atoms with Crippen LogP contribution >= 0.6 is 12.4 Å². The number of carbonyl (C=O) groups excluding carboxylic acids is 2. The van der Waals surface area contributed by atoms with Gasteiger partial charge in [-0.25, -0.2) is 9.59 Å². The molecule has 0 radical (unpaired) electrons. The number of rotatable bonds is 15. The summed E-state index contributed by atoms with van der Waals surface area (Å²) in [4.78, 5) is 36.9. The molecule has 12 nitrogen and oxygen atoms in total. The first-order chi connectivity index (χ1) is 23.4. The molecule has 1 aliphatic rings. The third-order valence-electron chi connectivity index (χ3n) is 7.37. The maximum absolute atomic E-state index is 14.1. The second kappa shape index (κ2) is 18.0. The molecule has 0 amide bonds. The van der Waals surface area contributed by atoms with Crippen molar-refractivity contribution >= 4 is 30.0 Å². The number of aliphatic hydroxyl groups is 1. The van der Waals surface area contributed by atoms with Crippen LogP contribution in [0.15, 0.2) is 101 Å². The van der Waals surface area contributed by atoms with Gasteiger partial charge in [0.2, 0.25) is 0 Å². The number of nitro benzene ring substituents is 1. The molecule has 0 bridgehead atoms.